The smallest absolute Gasteiger partial charge is 0.251 e. The number of nitrogens with zero attached hydrogens (tertiary/aromatic N) is 1. The van der Waals surface area contributed by atoms with Crippen LogP contribution >= 0.6 is 0 Å². The second-order valence-corrected chi connectivity index (χ2v) is 6.74. The van der Waals surface area contributed by atoms with Gasteiger partial charge in [-0.2, -0.15) is 0 Å². The normalized spacial score (nSPS) is 20.5. The Labute approximate surface area is 147 Å². The number of piperidine rings is 1. The van der Waals surface area contributed by atoms with Crippen LogP contribution < -0.4 is 5.32 Å². The minimum absolute atomic E-state index is 0.0234. The first-order valence-corrected chi connectivity index (χ1v) is 8.77. The molecule has 2 aromatic rings. The predicted molar refractivity (Wildman–Crippen MR) is 97.3 cm³/mol. The monoisotopic (exact) mass is 340 g/mol. The van der Waals surface area contributed by atoms with E-state index < -0.39 is 6.10 Å². The summed E-state index contributed by atoms with van der Waals surface area (Å²) in [6.07, 6.45) is 0.612. The highest BCUT2D eigenvalue weighted by atomic mass is 16.3. The molecule has 0 saturated carbocycles. The molecule has 5 heteroatoms. The van der Waals surface area contributed by atoms with E-state index >= 15 is 0 Å². The van der Waals surface area contributed by atoms with E-state index in [1.807, 2.05) is 43.3 Å². The summed E-state index contributed by atoms with van der Waals surface area (Å²) in [6, 6.07) is 13.5. The third-order valence-electron chi connectivity index (χ3n) is 4.91. The fourth-order valence-corrected chi connectivity index (χ4v) is 3.15. The lowest BCUT2D eigenvalue weighted by atomic mass is 9.96. The number of rotatable bonds is 4. The molecule has 0 aliphatic carbocycles. The molecular weight excluding hydrogens is 316 g/mol. The van der Waals surface area contributed by atoms with Crippen molar-refractivity contribution >= 4 is 22.6 Å². The van der Waals surface area contributed by atoms with Crippen molar-refractivity contribution in [2.75, 3.05) is 19.6 Å². The van der Waals surface area contributed by atoms with E-state index in [0.29, 0.717) is 25.2 Å². The van der Waals surface area contributed by atoms with E-state index in [1.165, 1.54) is 0 Å². The Morgan fingerprint density at radius 1 is 1.20 bits per heavy atom. The number of β-amino-alcohol motifs (C(OH)–C–C–N with tert-alkyl or cyclic N) is 1. The van der Waals surface area contributed by atoms with Crippen LogP contribution in [0, 0.1) is 5.92 Å². The summed E-state index contributed by atoms with van der Waals surface area (Å²) in [5, 5.41) is 14.8. The second kappa shape index (κ2) is 7.66. The number of hydrogen-bond donors (Lipinski definition) is 2. The van der Waals surface area contributed by atoms with Crippen molar-refractivity contribution in [3.8, 4) is 0 Å². The number of carbonyl (C=O) groups is 2. The Balaban J connectivity index is 1.51. The fourth-order valence-electron chi connectivity index (χ4n) is 3.15. The quantitative estimate of drug-likeness (QED) is 0.896. The predicted octanol–water partition coefficient (Wildman–Crippen LogP) is 2.19. The molecule has 2 atom stereocenters. The van der Waals surface area contributed by atoms with E-state index in [1.54, 1.807) is 11.0 Å². The van der Waals surface area contributed by atoms with Gasteiger partial charge in [-0.1, -0.05) is 37.3 Å². The molecule has 0 spiro atoms. The molecule has 2 unspecified atom stereocenters. The third-order valence-corrected chi connectivity index (χ3v) is 4.91. The summed E-state index contributed by atoms with van der Waals surface area (Å²) in [5.74, 6) is 0.0345. The second-order valence-electron chi connectivity index (χ2n) is 6.74. The average molecular weight is 340 g/mol. The van der Waals surface area contributed by atoms with Gasteiger partial charge in [-0.25, -0.2) is 0 Å². The first-order valence-electron chi connectivity index (χ1n) is 8.77. The molecule has 132 valence electrons. The Morgan fingerprint density at radius 3 is 2.72 bits per heavy atom. The van der Waals surface area contributed by atoms with Crippen LogP contribution in [0.4, 0.5) is 0 Å². The van der Waals surface area contributed by atoms with Crippen molar-refractivity contribution in [3.05, 3.63) is 48.0 Å². The van der Waals surface area contributed by atoms with Crippen molar-refractivity contribution in [1.82, 2.24) is 10.2 Å². The molecule has 0 aromatic heterocycles. The number of aliphatic hydroxyl groups is 1. The maximum atomic E-state index is 12.3. The number of aliphatic hydroxyl groups excluding tert-OH is 1. The highest BCUT2D eigenvalue weighted by molar-refractivity contribution is 5.98. The highest BCUT2D eigenvalue weighted by Gasteiger charge is 2.26. The van der Waals surface area contributed by atoms with Gasteiger partial charge in [0.2, 0.25) is 5.91 Å². The fraction of sp³-hybridized carbons (Fsp3) is 0.400. The molecule has 2 N–H and O–H groups in total. The summed E-state index contributed by atoms with van der Waals surface area (Å²) in [4.78, 5) is 26.2. The van der Waals surface area contributed by atoms with Crippen LogP contribution in [0.5, 0.6) is 0 Å². The largest absolute Gasteiger partial charge is 0.391 e. The van der Waals surface area contributed by atoms with Crippen molar-refractivity contribution < 1.29 is 14.7 Å². The number of hydrogen-bond acceptors (Lipinski definition) is 3. The standard InChI is InChI=1S/C20H24N2O3/c1-14-9-11-22(13-18(14)23)19(24)8-10-21-20(25)17-7-6-15-4-2-3-5-16(15)12-17/h2-7,12,14,18,23H,8-11,13H2,1H3,(H,21,25). The summed E-state index contributed by atoms with van der Waals surface area (Å²) >= 11 is 0. The lowest BCUT2D eigenvalue weighted by Gasteiger charge is -2.34. The molecule has 1 fully saturated rings. The molecule has 3 rings (SSSR count). The molecule has 0 radical (unpaired) electrons. The van der Waals surface area contributed by atoms with Gasteiger partial charge in [0, 0.05) is 31.6 Å². The average Bonchev–Trinajstić information content (AvgIpc) is 2.63. The van der Waals surface area contributed by atoms with Crippen LogP contribution in [0.1, 0.15) is 30.1 Å². The highest BCUT2D eigenvalue weighted by Crippen LogP contribution is 2.18. The number of amides is 2. The minimum Gasteiger partial charge on any atom is -0.391 e. The molecule has 5 nitrogen and oxygen atoms in total. The topological polar surface area (TPSA) is 69.6 Å². The van der Waals surface area contributed by atoms with Crippen molar-refractivity contribution in [1.29, 1.82) is 0 Å². The lowest BCUT2D eigenvalue weighted by Crippen LogP contribution is -2.46. The molecule has 0 bridgehead atoms. The summed E-state index contributed by atoms with van der Waals surface area (Å²) in [6.45, 7) is 3.36. The van der Waals surface area contributed by atoms with Crippen LogP contribution in [0.25, 0.3) is 10.8 Å². The van der Waals surface area contributed by atoms with Crippen LogP contribution in [0.3, 0.4) is 0 Å². The Bertz CT molecular complexity index is 774. The van der Waals surface area contributed by atoms with Gasteiger partial charge in [0.05, 0.1) is 6.10 Å². The van der Waals surface area contributed by atoms with Crippen LogP contribution in [0.2, 0.25) is 0 Å². The van der Waals surface area contributed by atoms with E-state index in [4.69, 9.17) is 0 Å². The molecule has 1 aliphatic rings. The summed E-state index contributed by atoms with van der Waals surface area (Å²) in [5.41, 5.74) is 0.591. The van der Waals surface area contributed by atoms with Gasteiger partial charge < -0.3 is 15.3 Å². The SMILES string of the molecule is CC1CCN(C(=O)CCNC(=O)c2ccc3ccccc3c2)CC1O. The zero-order valence-electron chi connectivity index (χ0n) is 14.4. The van der Waals surface area contributed by atoms with Gasteiger partial charge in [0.15, 0.2) is 0 Å². The van der Waals surface area contributed by atoms with Crippen LogP contribution in [-0.2, 0) is 4.79 Å². The molecular formula is C20H24N2O3. The van der Waals surface area contributed by atoms with Crippen molar-refractivity contribution in [2.45, 2.75) is 25.9 Å². The molecule has 2 amide bonds. The van der Waals surface area contributed by atoms with E-state index in [9.17, 15) is 14.7 Å². The first-order chi connectivity index (χ1) is 12.0. The Morgan fingerprint density at radius 2 is 1.96 bits per heavy atom. The van der Waals surface area contributed by atoms with Crippen LogP contribution in [-0.4, -0.2) is 47.6 Å². The van der Waals surface area contributed by atoms with E-state index in [0.717, 1.165) is 17.2 Å². The number of nitrogens with one attached hydrogen (secondary N) is 1. The molecule has 1 heterocycles. The number of benzene rings is 2. The van der Waals surface area contributed by atoms with Gasteiger partial charge in [-0.05, 0) is 35.2 Å². The van der Waals surface area contributed by atoms with E-state index in [2.05, 4.69) is 5.32 Å². The van der Waals surface area contributed by atoms with Crippen molar-refractivity contribution in [3.63, 3.8) is 0 Å². The summed E-state index contributed by atoms with van der Waals surface area (Å²) in [7, 11) is 0. The Kier molecular flexibility index (Phi) is 5.34. The van der Waals surface area contributed by atoms with Crippen molar-refractivity contribution in [2.24, 2.45) is 5.92 Å². The zero-order valence-corrected chi connectivity index (χ0v) is 14.4. The van der Waals surface area contributed by atoms with E-state index in [-0.39, 0.29) is 24.2 Å². The Hall–Kier alpha value is -2.40. The number of fused-ring (bicyclic) bond motifs is 1. The van der Waals surface area contributed by atoms with Crippen LogP contribution in [0.15, 0.2) is 42.5 Å². The third kappa shape index (κ3) is 4.17. The van der Waals surface area contributed by atoms with Gasteiger partial charge in [-0.3, -0.25) is 9.59 Å². The number of likely N-dealkylation sites (tertiary alicyclic amines) is 1. The first kappa shape index (κ1) is 17.4. The van der Waals surface area contributed by atoms with Gasteiger partial charge in [0.25, 0.3) is 5.91 Å². The number of carbonyl (C=O) groups excluding carboxylic acids is 2. The lowest BCUT2D eigenvalue weighted by molar-refractivity contribution is -0.135. The maximum absolute atomic E-state index is 12.3. The molecule has 1 saturated heterocycles. The zero-order chi connectivity index (χ0) is 17.8. The molecule has 2 aromatic carbocycles. The maximum Gasteiger partial charge on any atom is 0.251 e. The molecule has 25 heavy (non-hydrogen) atoms. The van der Waals surface area contributed by atoms with Gasteiger partial charge in [0.1, 0.15) is 0 Å². The minimum atomic E-state index is -0.454. The summed E-state index contributed by atoms with van der Waals surface area (Å²) < 4.78 is 0. The van der Waals surface area contributed by atoms with Gasteiger partial charge >= 0.3 is 0 Å². The van der Waals surface area contributed by atoms with Gasteiger partial charge in [-0.15, -0.1) is 0 Å². The molecule has 1 aliphatic heterocycles.